The molecule has 2 aromatic carbocycles. The molecule has 2 unspecified atom stereocenters. The van der Waals surface area contributed by atoms with Crippen LogP contribution in [0, 0.1) is 0 Å². The van der Waals surface area contributed by atoms with Crippen molar-refractivity contribution in [2.24, 2.45) is 11.5 Å². The van der Waals surface area contributed by atoms with Gasteiger partial charge in [-0.2, -0.15) is 0 Å². The summed E-state index contributed by atoms with van der Waals surface area (Å²) in [6.45, 7) is 4.09. The molecule has 0 radical (unpaired) electrons. The average molecular weight is 242 g/mol. The maximum atomic E-state index is 5.94. The lowest BCUT2D eigenvalue weighted by molar-refractivity contribution is 0.703. The molecule has 2 heteroatoms. The van der Waals surface area contributed by atoms with Crippen molar-refractivity contribution in [1.82, 2.24) is 0 Å². The number of hydrogen-bond donors (Lipinski definition) is 2. The van der Waals surface area contributed by atoms with E-state index in [1.54, 1.807) is 0 Å². The summed E-state index contributed by atoms with van der Waals surface area (Å²) in [5.41, 5.74) is 14.5. The zero-order valence-electron chi connectivity index (χ0n) is 11.2. The van der Waals surface area contributed by atoms with Crippen molar-refractivity contribution < 1.29 is 0 Å². The SMILES string of the molecule is CC(N)Cc1cc2ccccc2cc1CC(C)N. The topological polar surface area (TPSA) is 52.0 Å². The van der Waals surface area contributed by atoms with E-state index in [0.29, 0.717) is 0 Å². The minimum atomic E-state index is 0.179. The molecule has 0 heterocycles. The first-order chi connectivity index (χ1) is 8.56. The van der Waals surface area contributed by atoms with Gasteiger partial charge < -0.3 is 11.5 Å². The molecular formula is C16H22N2. The van der Waals surface area contributed by atoms with Gasteiger partial charge in [-0.05, 0) is 48.6 Å². The Morgan fingerprint density at radius 2 is 1.22 bits per heavy atom. The fourth-order valence-corrected chi connectivity index (χ4v) is 2.41. The third kappa shape index (κ3) is 3.09. The average Bonchev–Trinajstić information content (AvgIpc) is 2.28. The number of fused-ring (bicyclic) bond motifs is 1. The molecule has 0 amide bonds. The second-order valence-electron chi connectivity index (χ2n) is 5.33. The first-order valence-electron chi connectivity index (χ1n) is 6.58. The highest BCUT2D eigenvalue weighted by Crippen LogP contribution is 2.22. The summed E-state index contributed by atoms with van der Waals surface area (Å²) in [6, 6.07) is 13.3. The highest BCUT2D eigenvalue weighted by molar-refractivity contribution is 5.84. The lowest BCUT2D eigenvalue weighted by Gasteiger charge is -2.15. The molecule has 0 saturated heterocycles. The Balaban J connectivity index is 2.48. The van der Waals surface area contributed by atoms with Gasteiger partial charge in [0.05, 0.1) is 0 Å². The van der Waals surface area contributed by atoms with E-state index in [4.69, 9.17) is 11.5 Å². The molecule has 18 heavy (non-hydrogen) atoms. The second-order valence-corrected chi connectivity index (χ2v) is 5.33. The van der Waals surface area contributed by atoms with E-state index in [-0.39, 0.29) is 12.1 Å². The van der Waals surface area contributed by atoms with E-state index in [1.165, 1.54) is 21.9 Å². The lowest BCUT2D eigenvalue weighted by atomic mass is 9.93. The summed E-state index contributed by atoms with van der Waals surface area (Å²) in [4.78, 5) is 0. The van der Waals surface area contributed by atoms with Crippen LogP contribution in [0.25, 0.3) is 10.8 Å². The van der Waals surface area contributed by atoms with Crippen LogP contribution < -0.4 is 11.5 Å². The van der Waals surface area contributed by atoms with E-state index in [1.807, 2.05) is 13.8 Å². The van der Waals surface area contributed by atoms with Crippen LogP contribution >= 0.6 is 0 Å². The van der Waals surface area contributed by atoms with Crippen LogP contribution in [0.15, 0.2) is 36.4 Å². The summed E-state index contributed by atoms with van der Waals surface area (Å²) in [5.74, 6) is 0. The minimum Gasteiger partial charge on any atom is -0.328 e. The lowest BCUT2D eigenvalue weighted by Crippen LogP contribution is -2.22. The van der Waals surface area contributed by atoms with Crippen LogP contribution in [-0.2, 0) is 12.8 Å². The second kappa shape index (κ2) is 5.51. The van der Waals surface area contributed by atoms with Crippen molar-refractivity contribution in [2.45, 2.75) is 38.8 Å². The molecule has 2 atom stereocenters. The zero-order chi connectivity index (χ0) is 13.1. The monoisotopic (exact) mass is 242 g/mol. The summed E-state index contributed by atoms with van der Waals surface area (Å²) >= 11 is 0. The molecule has 4 N–H and O–H groups in total. The Kier molecular flexibility index (Phi) is 4.00. The van der Waals surface area contributed by atoms with Crippen molar-refractivity contribution in [3.63, 3.8) is 0 Å². The molecule has 96 valence electrons. The van der Waals surface area contributed by atoms with Gasteiger partial charge in [0.1, 0.15) is 0 Å². The standard InChI is InChI=1S/C16H22N2/c1-11(17)7-15-9-13-5-3-4-6-14(13)10-16(15)8-12(2)18/h3-6,9-12H,7-8,17-18H2,1-2H3. The molecule has 2 rings (SSSR count). The molecule has 0 aliphatic rings. The zero-order valence-corrected chi connectivity index (χ0v) is 11.2. The van der Waals surface area contributed by atoms with Gasteiger partial charge in [-0.1, -0.05) is 36.4 Å². The quantitative estimate of drug-likeness (QED) is 0.866. The van der Waals surface area contributed by atoms with Crippen LogP contribution in [0.3, 0.4) is 0 Å². The van der Waals surface area contributed by atoms with E-state index in [2.05, 4.69) is 36.4 Å². The predicted molar refractivity (Wildman–Crippen MR) is 78.7 cm³/mol. The largest absolute Gasteiger partial charge is 0.328 e. The summed E-state index contributed by atoms with van der Waals surface area (Å²) in [7, 11) is 0. The van der Waals surface area contributed by atoms with Gasteiger partial charge in [0, 0.05) is 12.1 Å². The van der Waals surface area contributed by atoms with Gasteiger partial charge in [0.25, 0.3) is 0 Å². The van der Waals surface area contributed by atoms with Gasteiger partial charge in [-0.3, -0.25) is 0 Å². The Labute approximate surface area is 109 Å². The third-order valence-corrected chi connectivity index (χ3v) is 3.15. The van der Waals surface area contributed by atoms with Gasteiger partial charge in [0.15, 0.2) is 0 Å². The van der Waals surface area contributed by atoms with E-state index >= 15 is 0 Å². The first-order valence-corrected chi connectivity index (χ1v) is 6.58. The Bertz CT molecular complexity index is 481. The van der Waals surface area contributed by atoms with Crippen LogP contribution in [0.5, 0.6) is 0 Å². The number of rotatable bonds is 4. The normalized spacial score (nSPS) is 14.7. The van der Waals surface area contributed by atoms with Crippen molar-refractivity contribution in [3.05, 3.63) is 47.5 Å². The van der Waals surface area contributed by atoms with Crippen LogP contribution in [-0.4, -0.2) is 12.1 Å². The third-order valence-electron chi connectivity index (χ3n) is 3.15. The Morgan fingerprint density at radius 3 is 1.56 bits per heavy atom. The van der Waals surface area contributed by atoms with E-state index < -0.39 is 0 Å². The maximum absolute atomic E-state index is 5.94. The number of hydrogen-bond acceptors (Lipinski definition) is 2. The van der Waals surface area contributed by atoms with Gasteiger partial charge in [-0.15, -0.1) is 0 Å². The van der Waals surface area contributed by atoms with Crippen LogP contribution in [0.4, 0.5) is 0 Å². The smallest absolute Gasteiger partial charge is 0.00510 e. The maximum Gasteiger partial charge on any atom is 0.00510 e. The molecule has 0 bridgehead atoms. The molecule has 0 spiro atoms. The molecule has 0 saturated carbocycles. The summed E-state index contributed by atoms with van der Waals surface area (Å²) in [5, 5.41) is 2.56. The van der Waals surface area contributed by atoms with Crippen molar-refractivity contribution >= 4 is 10.8 Å². The van der Waals surface area contributed by atoms with Crippen molar-refractivity contribution in [1.29, 1.82) is 0 Å². The summed E-state index contributed by atoms with van der Waals surface area (Å²) < 4.78 is 0. The molecule has 0 fully saturated rings. The molecule has 2 aromatic rings. The Hall–Kier alpha value is -1.38. The first kappa shape index (κ1) is 13.1. The minimum absolute atomic E-state index is 0.179. The van der Waals surface area contributed by atoms with Crippen molar-refractivity contribution in [2.75, 3.05) is 0 Å². The fourth-order valence-electron chi connectivity index (χ4n) is 2.41. The highest BCUT2D eigenvalue weighted by Gasteiger charge is 2.08. The molecule has 0 aliphatic carbocycles. The molecular weight excluding hydrogens is 220 g/mol. The number of benzene rings is 2. The molecule has 0 aromatic heterocycles. The number of nitrogens with two attached hydrogens (primary N) is 2. The molecule has 0 aliphatic heterocycles. The fraction of sp³-hybridized carbons (Fsp3) is 0.375. The predicted octanol–water partition coefficient (Wildman–Crippen LogP) is 2.62. The Morgan fingerprint density at radius 1 is 0.833 bits per heavy atom. The van der Waals surface area contributed by atoms with Crippen LogP contribution in [0.2, 0.25) is 0 Å². The van der Waals surface area contributed by atoms with Crippen molar-refractivity contribution in [3.8, 4) is 0 Å². The van der Waals surface area contributed by atoms with E-state index in [9.17, 15) is 0 Å². The van der Waals surface area contributed by atoms with Gasteiger partial charge in [-0.25, -0.2) is 0 Å². The highest BCUT2D eigenvalue weighted by atomic mass is 14.6. The van der Waals surface area contributed by atoms with E-state index in [0.717, 1.165) is 12.8 Å². The van der Waals surface area contributed by atoms with Gasteiger partial charge >= 0.3 is 0 Å². The summed E-state index contributed by atoms with van der Waals surface area (Å²) in [6.07, 6.45) is 1.82. The van der Waals surface area contributed by atoms with Gasteiger partial charge in [0.2, 0.25) is 0 Å². The van der Waals surface area contributed by atoms with Crippen LogP contribution in [0.1, 0.15) is 25.0 Å². The molecule has 2 nitrogen and oxygen atoms in total.